The van der Waals surface area contributed by atoms with Gasteiger partial charge in [-0.25, -0.2) is 0 Å². The van der Waals surface area contributed by atoms with Gasteiger partial charge in [0.25, 0.3) is 0 Å². The lowest BCUT2D eigenvalue weighted by molar-refractivity contribution is -0.111. The molecule has 0 unspecified atom stereocenters. The van der Waals surface area contributed by atoms with E-state index in [1.165, 1.54) is 6.08 Å². The number of hydrogen-bond acceptors (Lipinski definition) is 4. The van der Waals surface area contributed by atoms with Crippen molar-refractivity contribution in [3.05, 3.63) is 84.2 Å². The summed E-state index contributed by atoms with van der Waals surface area (Å²) >= 11 is 0. The van der Waals surface area contributed by atoms with E-state index in [1.807, 2.05) is 80.5 Å². The summed E-state index contributed by atoms with van der Waals surface area (Å²) in [4.78, 5) is 18.3. The van der Waals surface area contributed by atoms with E-state index < -0.39 is 0 Å². The molecule has 0 fully saturated rings. The molecule has 3 aromatic rings. The van der Waals surface area contributed by atoms with E-state index in [0.717, 1.165) is 22.6 Å². The molecule has 1 aromatic heterocycles. The highest BCUT2D eigenvalue weighted by Gasteiger charge is 2.05. The maximum atomic E-state index is 12.2. The summed E-state index contributed by atoms with van der Waals surface area (Å²) in [7, 11) is 3.99. The summed E-state index contributed by atoms with van der Waals surface area (Å²) in [6, 6.07) is 17.2. The number of benzene rings is 2. The Morgan fingerprint density at radius 1 is 1.11 bits per heavy atom. The first-order valence-corrected chi connectivity index (χ1v) is 8.96. The molecule has 28 heavy (non-hydrogen) atoms. The second-order valence-corrected chi connectivity index (χ2v) is 6.58. The van der Waals surface area contributed by atoms with Crippen LogP contribution in [0, 0.1) is 6.92 Å². The number of amides is 1. The van der Waals surface area contributed by atoms with Crippen LogP contribution in [0.2, 0.25) is 0 Å². The summed E-state index contributed by atoms with van der Waals surface area (Å²) in [5.41, 5.74) is 3.72. The van der Waals surface area contributed by atoms with Crippen molar-refractivity contribution in [1.29, 1.82) is 0 Å². The third kappa shape index (κ3) is 5.20. The molecule has 0 radical (unpaired) electrons. The number of aryl methyl sites for hydroxylation is 1. The molecule has 0 spiro atoms. The first-order valence-electron chi connectivity index (χ1n) is 8.96. The topological polar surface area (TPSA) is 54.5 Å². The molecule has 0 saturated heterocycles. The van der Waals surface area contributed by atoms with Gasteiger partial charge in [0.2, 0.25) is 5.91 Å². The first kappa shape index (κ1) is 19.2. The van der Waals surface area contributed by atoms with Crippen molar-refractivity contribution in [2.45, 2.75) is 6.92 Å². The van der Waals surface area contributed by atoms with Gasteiger partial charge in [-0.3, -0.25) is 9.78 Å². The molecule has 2 aromatic carbocycles. The number of carbonyl (C=O) groups is 1. The minimum Gasteiger partial charge on any atom is -0.455 e. The molecule has 0 saturated carbocycles. The standard InChI is InChI=1S/C23H23N3O2/c1-17-15-19(9-12-22(17)28-21-5-4-14-24-16-21)25-23(27)13-8-18-6-10-20(11-7-18)26(2)3/h4-16H,1-3H3,(H,25,27)/b13-8+. The number of pyridine rings is 1. The van der Waals surface area contributed by atoms with E-state index in [2.05, 4.69) is 10.3 Å². The molecule has 3 rings (SSSR count). The number of rotatable bonds is 6. The number of aromatic nitrogens is 1. The number of nitrogens with zero attached hydrogens (tertiary/aromatic N) is 2. The average molecular weight is 373 g/mol. The van der Waals surface area contributed by atoms with Crippen LogP contribution in [0.25, 0.3) is 6.08 Å². The van der Waals surface area contributed by atoms with Crippen molar-refractivity contribution in [3.63, 3.8) is 0 Å². The van der Waals surface area contributed by atoms with E-state index in [1.54, 1.807) is 18.5 Å². The average Bonchev–Trinajstić information content (AvgIpc) is 2.69. The van der Waals surface area contributed by atoms with Gasteiger partial charge in [-0.2, -0.15) is 0 Å². The molecule has 0 bridgehead atoms. The Morgan fingerprint density at radius 2 is 1.89 bits per heavy atom. The number of anilines is 2. The zero-order valence-electron chi connectivity index (χ0n) is 16.2. The predicted octanol–water partition coefficient (Wildman–Crippen LogP) is 4.90. The van der Waals surface area contributed by atoms with Gasteiger partial charge in [-0.05, 0) is 66.6 Å². The van der Waals surface area contributed by atoms with Gasteiger partial charge in [0.05, 0.1) is 6.20 Å². The Hall–Kier alpha value is -3.60. The van der Waals surface area contributed by atoms with Crippen molar-refractivity contribution in [3.8, 4) is 11.5 Å². The van der Waals surface area contributed by atoms with Crippen molar-refractivity contribution in [2.75, 3.05) is 24.3 Å². The number of ether oxygens (including phenoxy) is 1. The minimum absolute atomic E-state index is 0.183. The minimum atomic E-state index is -0.183. The third-order valence-corrected chi connectivity index (χ3v) is 4.14. The van der Waals surface area contributed by atoms with E-state index in [0.29, 0.717) is 11.4 Å². The van der Waals surface area contributed by atoms with Crippen molar-refractivity contribution >= 4 is 23.4 Å². The molecule has 0 aliphatic heterocycles. The fourth-order valence-electron chi connectivity index (χ4n) is 2.62. The fourth-order valence-corrected chi connectivity index (χ4v) is 2.62. The Balaban J connectivity index is 1.61. The lowest BCUT2D eigenvalue weighted by atomic mass is 10.2. The highest BCUT2D eigenvalue weighted by atomic mass is 16.5. The molecule has 1 N–H and O–H groups in total. The number of hydrogen-bond donors (Lipinski definition) is 1. The molecular weight excluding hydrogens is 350 g/mol. The largest absolute Gasteiger partial charge is 0.455 e. The Labute approximate surface area is 165 Å². The third-order valence-electron chi connectivity index (χ3n) is 4.14. The van der Waals surface area contributed by atoms with Gasteiger partial charge < -0.3 is 15.0 Å². The summed E-state index contributed by atoms with van der Waals surface area (Å²) in [5, 5.41) is 2.87. The summed E-state index contributed by atoms with van der Waals surface area (Å²) in [5.74, 6) is 1.21. The quantitative estimate of drug-likeness (QED) is 0.625. The van der Waals surface area contributed by atoms with E-state index in [4.69, 9.17) is 4.74 Å². The first-order chi connectivity index (χ1) is 13.5. The molecular formula is C23H23N3O2. The molecule has 0 atom stereocenters. The zero-order valence-corrected chi connectivity index (χ0v) is 16.2. The van der Waals surface area contributed by atoms with Crippen LogP contribution in [0.1, 0.15) is 11.1 Å². The molecule has 1 amide bonds. The highest BCUT2D eigenvalue weighted by Crippen LogP contribution is 2.26. The van der Waals surface area contributed by atoms with E-state index in [9.17, 15) is 4.79 Å². The molecule has 5 heteroatoms. The van der Waals surface area contributed by atoms with Gasteiger partial charge in [0.15, 0.2) is 0 Å². The summed E-state index contributed by atoms with van der Waals surface area (Å²) < 4.78 is 5.81. The van der Waals surface area contributed by atoms with Crippen LogP contribution in [-0.4, -0.2) is 25.0 Å². The van der Waals surface area contributed by atoms with Crippen LogP contribution in [0.3, 0.4) is 0 Å². The molecule has 0 aliphatic rings. The lowest BCUT2D eigenvalue weighted by Crippen LogP contribution is -2.08. The van der Waals surface area contributed by atoms with Gasteiger partial charge in [0.1, 0.15) is 11.5 Å². The van der Waals surface area contributed by atoms with Crippen LogP contribution >= 0.6 is 0 Å². The number of nitrogens with one attached hydrogen (secondary N) is 1. The molecule has 142 valence electrons. The van der Waals surface area contributed by atoms with Gasteiger partial charge in [0, 0.05) is 37.7 Å². The SMILES string of the molecule is Cc1cc(NC(=O)/C=C/c2ccc(N(C)C)cc2)ccc1Oc1cccnc1. The molecule has 1 heterocycles. The van der Waals surface area contributed by atoms with Crippen LogP contribution < -0.4 is 15.0 Å². The molecule has 0 aliphatic carbocycles. The maximum Gasteiger partial charge on any atom is 0.248 e. The smallest absolute Gasteiger partial charge is 0.248 e. The predicted molar refractivity (Wildman–Crippen MR) is 114 cm³/mol. The van der Waals surface area contributed by atoms with Crippen LogP contribution in [0.4, 0.5) is 11.4 Å². The van der Waals surface area contributed by atoms with Crippen molar-refractivity contribution < 1.29 is 9.53 Å². The zero-order chi connectivity index (χ0) is 19.9. The summed E-state index contributed by atoms with van der Waals surface area (Å²) in [6.45, 7) is 1.93. The lowest BCUT2D eigenvalue weighted by Gasteiger charge is -2.11. The van der Waals surface area contributed by atoms with E-state index in [-0.39, 0.29) is 5.91 Å². The normalized spacial score (nSPS) is 10.7. The Morgan fingerprint density at radius 3 is 2.54 bits per heavy atom. The van der Waals surface area contributed by atoms with Gasteiger partial charge in [-0.15, -0.1) is 0 Å². The highest BCUT2D eigenvalue weighted by molar-refractivity contribution is 6.02. The van der Waals surface area contributed by atoms with E-state index >= 15 is 0 Å². The van der Waals surface area contributed by atoms with Gasteiger partial charge in [-0.1, -0.05) is 12.1 Å². The Bertz CT molecular complexity index is 965. The van der Waals surface area contributed by atoms with Crippen LogP contribution in [-0.2, 0) is 4.79 Å². The van der Waals surface area contributed by atoms with Crippen LogP contribution in [0.15, 0.2) is 73.1 Å². The summed E-state index contributed by atoms with van der Waals surface area (Å²) in [6.07, 6.45) is 6.68. The second-order valence-electron chi connectivity index (χ2n) is 6.58. The van der Waals surface area contributed by atoms with Gasteiger partial charge >= 0.3 is 0 Å². The Kier molecular flexibility index (Phi) is 6.07. The van der Waals surface area contributed by atoms with Crippen LogP contribution in [0.5, 0.6) is 11.5 Å². The number of carbonyl (C=O) groups excluding carboxylic acids is 1. The molecule has 5 nitrogen and oxygen atoms in total. The van der Waals surface area contributed by atoms with Crippen molar-refractivity contribution in [1.82, 2.24) is 4.98 Å². The second kappa shape index (κ2) is 8.86. The monoisotopic (exact) mass is 373 g/mol. The van der Waals surface area contributed by atoms with Crippen molar-refractivity contribution in [2.24, 2.45) is 0 Å². The fraction of sp³-hybridized carbons (Fsp3) is 0.130. The maximum absolute atomic E-state index is 12.2.